The lowest BCUT2D eigenvalue weighted by atomic mass is 10.0. The van der Waals surface area contributed by atoms with Crippen molar-refractivity contribution in [2.75, 3.05) is 0 Å². The Morgan fingerprint density at radius 3 is 1.91 bits per heavy atom. The van der Waals surface area contributed by atoms with E-state index in [0.717, 1.165) is 11.1 Å². The highest BCUT2D eigenvalue weighted by Crippen LogP contribution is 2.27. The van der Waals surface area contributed by atoms with Gasteiger partial charge in [-0.05, 0) is 48.0 Å². The number of hydrogen-bond donors (Lipinski definition) is 0. The van der Waals surface area contributed by atoms with E-state index in [2.05, 4.69) is 11.1 Å². The highest BCUT2D eigenvalue weighted by molar-refractivity contribution is 5.73. The Balaban J connectivity index is 2.06. The van der Waals surface area contributed by atoms with Crippen molar-refractivity contribution in [1.82, 2.24) is 4.98 Å². The molecule has 3 aromatic rings. The largest absolute Gasteiger partial charge is 0.256 e. The minimum atomic E-state index is -0.335. The van der Waals surface area contributed by atoms with Crippen molar-refractivity contribution in [1.29, 1.82) is 5.26 Å². The van der Waals surface area contributed by atoms with Gasteiger partial charge in [-0.1, -0.05) is 12.1 Å². The molecule has 0 radical (unpaired) electrons. The third-order valence-corrected chi connectivity index (χ3v) is 3.32. The molecule has 0 atom stereocenters. The number of pyridine rings is 1. The Bertz CT molecular complexity index is 848. The van der Waals surface area contributed by atoms with Crippen LogP contribution in [0.3, 0.4) is 0 Å². The molecule has 0 saturated carbocycles. The van der Waals surface area contributed by atoms with Crippen LogP contribution < -0.4 is 0 Å². The zero-order valence-electron chi connectivity index (χ0n) is 11.4. The van der Waals surface area contributed by atoms with Crippen LogP contribution >= 0.6 is 0 Å². The first-order valence-corrected chi connectivity index (χ1v) is 6.59. The molecule has 0 aliphatic heterocycles. The van der Waals surface area contributed by atoms with E-state index in [-0.39, 0.29) is 11.6 Å². The van der Waals surface area contributed by atoms with Crippen molar-refractivity contribution in [2.24, 2.45) is 0 Å². The van der Waals surface area contributed by atoms with E-state index in [0.29, 0.717) is 16.8 Å². The first-order valence-electron chi connectivity index (χ1n) is 6.59. The summed E-state index contributed by atoms with van der Waals surface area (Å²) in [6.07, 6.45) is 1.57. The molecule has 1 heterocycles. The molecule has 22 heavy (non-hydrogen) atoms. The number of nitrogens with zero attached hydrogens (tertiary/aromatic N) is 2. The van der Waals surface area contributed by atoms with E-state index in [9.17, 15) is 14.0 Å². The van der Waals surface area contributed by atoms with Gasteiger partial charge in [0.25, 0.3) is 0 Å². The molecule has 0 N–H and O–H groups in total. The second-order valence-corrected chi connectivity index (χ2v) is 4.74. The fourth-order valence-electron chi connectivity index (χ4n) is 2.19. The molecule has 0 spiro atoms. The van der Waals surface area contributed by atoms with Crippen LogP contribution in [-0.2, 0) is 0 Å². The fraction of sp³-hybridized carbons (Fsp3) is 0. The molecule has 0 unspecified atom stereocenters. The van der Waals surface area contributed by atoms with Gasteiger partial charge in [-0.3, -0.25) is 4.98 Å². The van der Waals surface area contributed by atoms with E-state index < -0.39 is 0 Å². The number of aromatic nitrogens is 1. The third kappa shape index (κ3) is 2.70. The summed E-state index contributed by atoms with van der Waals surface area (Å²) in [6, 6.07) is 15.5. The van der Waals surface area contributed by atoms with E-state index in [4.69, 9.17) is 0 Å². The van der Waals surface area contributed by atoms with Crippen molar-refractivity contribution in [3.8, 4) is 28.5 Å². The first-order chi connectivity index (χ1) is 10.7. The predicted octanol–water partition coefficient (Wildman–Crippen LogP) is 4.57. The van der Waals surface area contributed by atoms with Gasteiger partial charge in [0.05, 0.1) is 17.3 Å². The molecule has 0 bridgehead atoms. The summed E-state index contributed by atoms with van der Waals surface area (Å²) in [5, 5.41) is 9.34. The van der Waals surface area contributed by atoms with E-state index >= 15 is 0 Å². The standard InChI is InChI=1S/C18H10F2N2/c19-15-5-1-12(2-6-15)17-11-22-18(9-14(17)10-21)13-3-7-16(20)8-4-13/h1-9,11H. The average molecular weight is 292 g/mol. The zero-order valence-corrected chi connectivity index (χ0v) is 11.4. The Kier molecular flexibility index (Phi) is 3.63. The molecule has 1 aromatic heterocycles. The van der Waals surface area contributed by atoms with Crippen LogP contribution in [0.15, 0.2) is 60.8 Å². The summed E-state index contributed by atoms with van der Waals surface area (Å²) < 4.78 is 26.0. The minimum absolute atomic E-state index is 0.327. The molecule has 4 heteroatoms. The number of nitriles is 1. The van der Waals surface area contributed by atoms with Gasteiger partial charge in [0.15, 0.2) is 0 Å². The quantitative estimate of drug-likeness (QED) is 0.694. The lowest BCUT2D eigenvalue weighted by molar-refractivity contribution is 0.627. The Hall–Kier alpha value is -3.06. The van der Waals surface area contributed by atoms with Crippen LogP contribution in [0.25, 0.3) is 22.4 Å². The fourth-order valence-corrected chi connectivity index (χ4v) is 2.19. The smallest absolute Gasteiger partial charge is 0.123 e. The van der Waals surface area contributed by atoms with Crippen molar-refractivity contribution >= 4 is 0 Å². The van der Waals surface area contributed by atoms with Gasteiger partial charge in [0.1, 0.15) is 11.6 Å². The molecule has 2 nitrogen and oxygen atoms in total. The molecule has 0 aliphatic carbocycles. The van der Waals surface area contributed by atoms with Gasteiger partial charge in [-0.25, -0.2) is 8.78 Å². The number of halogens is 2. The molecular formula is C18H10F2N2. The molecule has 106 valence electrons. The Morgan fingerprint density at radius 2 is 1.36 bits per heavy atom. The van der Waals surface area contributed by atoms with Crippen LogP contribution in [0.5, 0.6) is 0 Å². The summed E-state index contributed by atoms with van der Waals surface area (Å²) in [5.74, 6) is -0.662. The SMILES string of the molecule is N#Cc1cc(-c2ccc(F)cc2)ncc1-c1ccc(F)cc1. The Labute approximate surface area is 126 Å². The predicted molar refractivity (Wildman–Crippen MR) is 79.7 cm³/mol. The molecule has 3 rings (SSSR count). The normalized spacial score (nSPS) is 10.2. The first kappa shape index (κ1) is 13.9. The average Bonchev–Trinajstić information content (AvgIpc) is 2.56. The van der Waals surface area contributed by atoms with Gasteiger partial charge in [-0.15, -0.1) is 0 Å². The number of hydrogen-bond acceptors (Lipinski definition) is 2. The van der Waals surface area contributed by atoms with Crippen LogP contribution in [0.2, 0.25) is 0 Å². The lowest BCUT2D eigenvalue weighted by Gasteiger charge is -2.07. The third-order valence-electron chi connectivity index (χ3n) is 3.32. The number of benzene rings is 2. The summed E-state index contributed by atoms with van der Waals surface area (Å²) in [5.41, 5.74) is 3.09. The highest BCUT2D eigenvalue weighted by Gasteiger charge is 2.09. The maximum atomic E-state index is 13.0. The van der Waals surface area contributed by atoms with Crippen LogP contribution in [0.4, 0.5) is 8.78 Å². The zero-order chi connectivity index (χ0) is 15.5. The molecule has 0 fully saturated rings. The van der Waals surface area contributed by atoms with Gasteiger partial charge in [0, 0.05) is 17.3 Å². The highest BCUT2D eigenvalue weighted by atomic mass is 19.1. The maximum Gasteiger partial charge on any atom is 0.123 e. The van der Waals surface area contributed by atoms with Crippen LogP contribution in [-0.4, -0.2) is 4.98 Å². The van der Waals surface area contributed by atoms with Crippen molar-refractivity contribution in [2.45, 2.75) is 0 Å². The van der Waals surface area contributed by atoms with Crippen molar-refractivity contribution in [3.63, 3.8) is 0 Å². The maximum absolute atomic E-state index is 13.0. The number of rotatable bonds is 2. The van der Waals surface area contributed by atoms with Gasteiger partial charge in [0.2, 0.25) is 0 Å². The van der Waals surface area contributed by atoms with Crippen LogP contribution in [0.1, 0.15) is 5.56 Å². The van der Waals surface area contributed by atoms with Crippen LogP contribution in [0, 0.1) is 23.0 Å². The summed E-state index contributed by atoms with van der Waals surface area (Å²) in [4.78, 5) is 4.32. The Morgan fingerprint density at radius 1 is 0.818 bits per heavy atom. The minimum Gasteiger partial charge on any atom is -0.256 e. The van der Waals surface area contributed by atoms with Gasteiger partial charge < -0.3 is 0 Å². The summed E-state index contributed by atoms with van der Waals surface area (Å²) in [6.45, 7) is 0. The second-order valence-electron chi connectivity index (χ2n) is 4.74. The topological polar surface area (TPSA) is 36.7 Å². The lowest BCUT2D eigenvalue weighted by Crippen LogP contribution is -1.91. The molecule has 0 amide bonds. The molecule has 0 aliphatic rings. The summed E-state index contributed by atoms with van der Waals surface area (Å²) >= 11 is 0. The second kappa shape index (κ2) is 5.74. The van der Waals surface area contributed by atoms with Gasteiger partial charge in [-0.2, -0.15) is 5.26 Å². The van der Waals surface area contributed by atoms with Crippen molar-refractivity contribution in [3.05, 3.63) is 78.0 Å². The van der Waals surface area contributed by atoms with E-state index in [1.165, 1.54) is 24.3 Å². The van der Waals surface area contributed by atoms with Crippen molar-refractivity contribution < 1.29 is 8.78 Å². The monoisotopic (exact) mass is 292 g/mol. The molecular weight excluding hydrogens is 282 g/mol. The molecule has 0 saturated heterocycles. The van der Waals surface area contributed by atoms with E-state index in [1.54, 1.807) is 36.5 Å². The molecule has 2 aromatic carbocycles. The van der Waals surface area contributed by atoms with Gasteiger partial charge >= 0.3 is 0 Å². The van der Waals surface area contributed by atoms with E-state index in [1.807, 2.05) is 0 Å². The summed E-state index contributed by atoms with van der Waals surface area (Å²) in [7, 11) is 0.